The van der Waals surface area contributed by atoms with Gasteiger partial charge in [-0.2, -0.15) is 5.10 Å². The highest BCUT2D eigenvalue weighted by Gasteiger charge is 2.15. The quantitative estimate of drug-likeness (QED) is 0.502. The molecule has 4 rings (SSSR count). The third kappa shape index (κ3) is 4.42. The lowest BCUT2D eigenvalue weighted by Gasteiger charge is -2.18. The normalized spacial score (nSPS) is 12.6. The summed E-state index contributed by atoms with van der Waals surface area (Å²) in [5.41, 5.74) is 8.63. The van der Waals surface area contributed by atoms with Crippen LogP contribution in [-0.4, -0.2) is 34.8 Å². The monoisotopic (exact) mass is 418 g/mol. The van der Waals surface area contributed by atoms with E-state index in [-0.39, 0.29) is 0 Å². The van der Waals surface area contributed by atoms with E-state index in [4.69, 9.17) is 9.47 Å². The lowest BCUT2D eigenvalue weighted by Crippen LogP contribution is -2.40. The lowest BCUT2D eigenvalue weighted by molar-refractivity contribution is -0.117. The molecule has 8 nitrogen and oxygen atoms in total. The van der Waals surface area contributed by atoms with E-state index in [1.807, 2.05) is 48.9 Å². The third-order valence-corrected chi connectivity index (χ3v) is 4.85. The molecule has 158 valence electrons. The van der Waals surface area contributed by atoms with Crippen molar-refractivity contribution in [2.45, 2.75) is 13.8 Å². The first-order valence-corrected chi connectivity index (χ1v) is 9.82. The van der Waals surface area contributed by atoms with Gasteiger partial charge in [0, 0.05) is 22.9 Å². The molecule has 8 heteroatoms. The molecule has 0 fully saturated rings. The Morgan fingerprint density at radius 1 is 1.00 bits per heavy atom. The molecular weight excluding hydrogens is 396 g/mol. The average molecular weight is 418 g/mol. The first-order chi connectivity index (χ1) is 15.0. The number of hydrogen-bond donors (Lipinski definition) is 2. The highest BCUT2D eigenvalue weighted by atomic mass is 16.6. The van der Waals surface area contributed by atoms with Crippen LogP contribution in [0.4, 0.5) is 0 Å². The fourth-order valence-electron chi connectivity index (χ4n) is 3.29. The predicted molar refractivity (Wildman–Crippen MR) is 115 cm³/mol. The molecule has 0 atom stereocenters. The highest BCUT2D eigenvalue weighted by molar-refractivity contribution is 5.98. The lowest BCUT2D eigenvalue weighted by atomic mass is 10.2. The van der Waals surface area contributed by atoms with Crippen LogP contribution in [0.1, 0.15) is 27.3 Å². The number of benzene rings is 2. The van der Waals surface area contributed by atoms with Crippen molar-refractivity contribution in [1.29, 1.82) is 0 Å². The van der Waals surface area contributed by atoms with Crippen molar-refractivity contribution in [3.05, 3.63) is 77.1 Å². The van der Waals surface area contributed by atoms with Crippen LogP contribution in [0.3, 0.4) is 0 Å². The van der Waals surface area contributed by atoms with Crippen molar-refractivity contribution in [3.8, 4) is 17.2 Å². The van der Waals surface area contributed by atoms with Gasteiger partial charge in [-0.1, -0.05) is 18.2 Å². The minimum absolute atomic E-state index is 0.351. The number of carbonyl (C=O) groups is 2. The predicted octanol–water partition coefficient (Wildman–Crippen LogP) is 2.73. The number of rotatable bonds is 4. The Labute approximate surface area is 179 Å². The molecule has 0 saturated carbocycles. The summed E-state index contributed by atoms with van der Waals surface area (Å²) >= 11 is 0. The fourth-order valence-corrected chi connectivity index (χ4v) is 3.29. The van der Waals surface area contributed by atoms with Crippen LogP contribution in [-0.2, 0) is 4.79 Å². The van der Waals surface area contributed by atoms with Crippen molar-refractivity contribution in [2.75, 3.05) is 13.2 Å². The van der Waals surface area contributed by atoms with Gasteiger partial charge in [0.05, 0.1) is 11.4 Å². The number of nitrogens with one attached hydrogen (secondary N) is 2. The molecule has 0 aliphatic carbocycles. The molecule has 2 amide bonds. The smallest absolute Gasteiger partial charge is 0.269 e. The van der Waals surface area contributed by atoms with Gasteiger partial charge in [0.1, 0.15) is 13.2 Å². The summed E-state index contributed by atoms with van der Waals surface area (Å²) in [4.78, 5) is 24.5. The Morgan fingerprint density at radius 3 is 2.52 bits per heavy atom. The SMILES string of the molecule is Cc1nn(-c2ccccc2)c(C)c1/C=C/C(=O)NNC(=O)c1ccc2c(c1)OCCO2. The zero-order valence-electron chi connectivity index (χ0n) is 17.2. The molecule has 1 aliphatic heterocycles. The molecule has 3 aromatic rings. The largest absolute Gasteiger partial charge is 0.486 e. The fraction of sp³-hybridized carbons (Fsp3) is 0.174. The molecule has 0 unspecified atom stereocenters. The molecule has 0 radical (unpaired) electrons. The van der Waals surface area contributed by atoms with E-state index >= 15 is 0 Å². The molecule has 0 saturated heterocycles. The van der Waals surface area contributed by atoms with E-state index < -0.39 is 11.8 Å². The molecule has 0 bridgehead atoms. The molecule has 2 aromatic carbocycles. The number of nitrogens with zero attached hydrogens (tertiary/aromatic N) is 2. The van der Waals surface area contributed by atoms with Gasteiger partial charge in [-0.25, -0.2) is 4.68 Å². The van der Waals surface area contributed by atoms with Crippen molar-refractivity contribution in [1.82, 2.24) is 20.6 Å². The van der Waals surface area contributed by atoms with Gasteiger partial charge < -0.3 is 9.47 Å². The molecule has 2 N–H and O–H groups in total. The Morgan fingerprint density at radius 2 is 1.74 bits per heavy atom. The van der Waals surface area contributed by atoms with E-state index in [0.717, 1.165) is 22.6 Å². The van der Waals surface area contributed by atoms with E-state index in [0.29, 0.717) is 30.3 Å². The molecule has 0 spiro atoms. The summed E-state index contributed by atoms with van der Waals surface area (Å²) in [5, 5.41) is 4.55. The van der Waals surface area contributed by atoms with Crippen LogP contribution in [0, 0.1) is 13.8 Å². The number of amides is 2. The van der Waals surface area contributed by atoms with Gasteiger partial charge in [0.15, 0.2) is 11.5 Å². The van der Waals surface area contributed by atoms with Crippen LogP contribution in [0.15, 0.2) is 54.6 Å². The van der Waals surface area contributed by atoms with Crippen molar-refractivity contribution >= 4 is 17.9 Å². The second-order valence-corrected chi connectivity index (χ2v) is 6.97. The number of hydrogen-bond acceptors (Lipinski definition) is 5. The summed E-state index contributed by atoms with van der Waals surface area (Å²) in [6.07, 6.45) is 3.04. The van der Waals surface area contributed by atoms with Gasteiger partial charge in [-0.05, 0) is 50.3 Å². The summed E-state index contributed by atoms with van der Waals surface area (Å²) in [6, 6.07) is 14.6. The maximum absolute atomic E-state index is 12.3. The van der Waals surface area contributed by atoms with Crippen LogP contribution in [0.25, 0.3) is 11.8 Å². The van der Waals surface area contributed by atoms with Crippen LogP contribution in [0.2, 0.25) is 0 Å². The topological polar surface area (TPSA) is 94.5 Å². The Kier molecular flexibility index (Phi) is 5.70. The molecule has 1 aliphatic rings. The second-order valence-electron chi connectivity index (χ2n) is 6.97. The van der Waals surface area contributed by atoms with Crippen LogP contribution in [0.5, 0.6) is 11.5 Å². The highest BCUT2D eigenvalue weighted by Crippen LogP contribution is 2.30. The number of ether oxygens (including phenoxy) is 2. The summed E-state index contributed by atoms with van der Waals surface area (Å²) in [6.45, 7) is 4.73. The Bertz CT molecular complexity index is 1150. The average Bonchev–Trinajstić information content (AvgIpc) is 3.09. The van der Waals surface area contributed by atoms with Gasteiger partial charge in [0.25, 0.3) is 11.8 Å². The first kappa shape index (κ1) is 20.2. The number of fused-ring (bicyclic) bond motifs is 1. The summed E-state index contributed by atoms with van der Waals surface area (Å²) < 4.78 is 12.7. The second kappa shape index (κ2) is 8.74. The molecule has 1 aromatic heterocycles. The number of para-hydroxylation sites is 1. The maximum Gasteiger partial charge on any atom is 0.269 e. The molecule has 2 heterocycles. The van der Waals surface area contributed by atoms with Crippen molar-refractivity contribution in [2.24, 2.45) is 0 Å². The minimum atomic E-state index is -0.461. The van der Waals surface area contributed by atoms with Crippen LogP contribution >= 0.6 is 0 Å². The van der Waals surface area contributed by atoms with Gasteiger partial charge >= 0.3 is 0 Å². The first-order valence-electron chi connectivity index (χ1n) is 9.82. The number of hydrazine groups is 1. The summed E-state index contributed by atoms with van der Waals surface area (Å²) in [5.74, 6) is 0.184. The van der Waals surface area contributed by atoms with E-state index in [2.05, 4.69) is 16.0 Å². The van der Waals surface area contributed by atoms with Crippen LogP contribution < -0.4 is 20.3 Å². The van der Waals surface area contributed by atoms with Gasteiger partial charge in [-0.15, -0.1) is 0 Å². The van der Waals surface area contributed by atoms with Gasteiger partial charge in [0.2, 0.25) is 0 Å². The molecule has 31 heavy (non-hydrogen) atoms. The van der Waals surface area contributed by atoms with Crippen molar-refractivity contribution < 1.29 is 19.1 Å². The van der Waals surface area contributed by atoms with E-state index in [9.17, 15) is 9.59 Å². The standard InChI is InChI=1S/C23H22N4O4/c1-15-19(16(2)27(26-15)18-6-4-3-5-7-18)9-11-22(28)24-25-23(29)17-8-10-20-21(14-17)31-13-12-30-20/h3-11,14H,12-13H2,1-2H3,(H,24,28)(H,25,29)/b11-9+. The Hall–Kier alpha value is -4.07. The number of aryl methyl sites for hydroxylation is 1. The van der Waals surface area contributed by atoms with Crippen molar-refractivity contribution in [3.63, 3.8) is 0 Å². The number of aromatic nitrogens is 2. The maximum atomic E-state index is 12.3. The van der Waals surface area contributed by atoms with Gasteiger partial charge in [-0.3, -0.25) is 20.4 Å². The van der Waals surface area contributed by atoms with E-state index in [1.165, 1.54) is 6.08 Å². The van der Waals surface area contributed by atoms with E-state index in [1.54, 1.807) is 24.3 Å². The Balaban J connectivity index is 1.39. The molecular formula is C23H22N4O4. The third-order valence-electron chi connectivity index (χ3n) is 4.85. The zero-order valence-corrected chi connectivity index (χ0v) is 17.2. The number of carbonyl (C=O) groups excluding carboxylic acids is 2. The minimum Gasteiger partial charge on any atom is -0.486 e. The summed E-state index contributed by atoms with van der Waals surface area (Å²) in [7, 11) is 0. The zero-order chi connectivity index (χ0) is 21.8.